The number of benzene rings is 1. The quantitative estimate of drug-likeness (QED) is 0.642. The average molecular weight is 466 g/mol. The third-order valence-corrected chi connectivity index (χ3v) is 8.27. The van der Waals surface area contributed by atoms with Gasteiger partial charge in [0.1, 0.15) is 0 Å². The van der Waals surface area contributed by atoms with E-state index < -0.39 is 10.8 Å². The molecule has 1 unspecified atom stereocenters. The fraction of sp³-hybridized carbons (Fsp3) is 0.619. The predicted molar refractivity (Wildman–Crippen MR) is 121 cm³/mol. The van der Waals surface area contributed by atoms with Crippen molar-refractivity contribution in [1.82, 2.24) is 19.1 Å². The van der Waals surface area contributed by atoms with Crippen LogP contribution in [0.25, 0.3) is 0 Å². The number of nitrogens with zero attached hydrogens (tertiary/aromatic N) is 4. The van der Waals surface area contributed by atoms with Gasteiger partial charge in [-0.3, -0.25) is 9.11 Å². The van der Waals surface area contributed by atoms with E-state index >= 15 is 0 Å². The van der Waals surface area contributed by atoms with Gasteiger partial charge in [0.25, 0.3) is 0 Å². The Balaban J connectivity index is 1.30. The standard InChI is InChI=1S/C21H28FN5O2S2/c22-30-27-21(31(28)13-3-8-26-9-11-29-12-10-26)24-20(25-27)23-19-17-6-1-4-15(17)14-16-5-2-7-18(16)19/h14H,1-13H2,(H,23,25). The van der Waals surface area contributed by atoms with Crippen molar-refractivity contribution in [2.24, 2.45) is 0 Å². The van der Waals surface area contributed by atoms with Gasteiger partial charge < -0.3 is 10.1 Å². The lowest BCUT2D eigenvalue weighted by Crippen LogP contribution is -2.37. The van der Waals surface area contributed by atoms with Gasteiger partial charge in [-0.1, -0.05) is 6.07 Å². The summed E-state index contributed by atoms with van der Waals surface area (Å²) in [6, 6.07) is 2.37. The van der Waals surface area contributed by atoms with Gasteiger partial charge in [-0.15, -0.1) is 13.1 Å². The van der Waals surface area contributed by atoms with E-state index in [2.05, 4.69) is 26.4 Å². The van der Waals surface area contributed by atoms with Crippen molar-refractivity contribution in [3.05, 3.63) is 28.3 Å². The van der Waals surface area contributed by atoms with Crippen molar-refractivity contribution >= 4 is 34.8 Å². The fourth-order valence-electron chi connectivity index (χ4n) is 4.93. The number of aromatic nitrogens is 3. The number of nitrogens with one attached hydrogen (secondary N) is 1. The molecule has 1 N–H and O–H groups in total. The van der Waals surface area contributed by atoms with Crippen LogP contribution in [0.2, 0.25) is 0 Å². The van der Waals surface area contributed by atoms with Gasteiger partial charge in [0.15, 0.2) is 12.3 Å². The highest BCUT2D eigenvalue weighted by Gasteiger charge is 2.26. The minimum absolute atomic E-state index is 0.0494. The number of anilines is 2. The lowest BCUT2D eigenvalue weighted by molar-refractivity contribution is 0.0381. The van der Waals surface area contributed by atoms with Crippen molar-refractivity contribution in [1.29, 1.82) is 0 Å². The van der Waals surface area contributed by atoms with Crippen LogP contribution >= 0.6 is 12.3 Å². The molecule has 0 bridgehead atoms. The van der Waals surface area contributed by atoms with Gasteiger partial charge >= 0.3 is 0 Å². The summed E-state index contributed by atoms with van der Waals surface area (Å²) in [5, 5.41) is 7.82. The summed E-state index contributed by atoms with van der Waals surface area (Å²) in [7, 11) is -1.40. The Bertz CT molecular complexity index is 945. The van der Waals surface area contributed by atoms with Crippen LogP contribution in [-0.2, 0) is 41.2 Å². The van der Waals surface area contributed by atoms with E-state index in [1.54, 1.807) is 0 Å². The first-order valence-corrected chi connectivity index (χ1v) is 13.1. The first-order chi connectivity index (χ1) is 15.2. The van der Waals surface area contributed by atoms with E-state index in [1.165, 1.54) is 22.3 Å². The van der Waals surface area contributed by atoms with E-state index in [9.17, 15) is 8.09 Å². The number of aryl methyl sites for hydroxylation is 2. The van der Waals surface area contributed by atoms with Crippen molar-refractivity contribution in [3.63, 3.8) is 0 Å². The molecule has 31 heavy (non-hydrogen) atoms. The SMILES string of the molecule is O=S(CCCN1CCOCC1)c1nc(Nc2c3c(cc4c2CCC4)CCC3)nn1SF. The molecular formula is C21H28FN5O2S2. The molecule has 10 heteroatoms. The van der Waals surface area contributed by atoms with E-state index in [0.717, 1.165) is 87.6 Å². The van der Waals surface area contributed by atoms with E-state index in [-0.39, 0.29) is 17.5 Å². The van der Waals surface area contributed by atoms with Crippen LogP contribution in [-0.4, -0.2) is 61.9 Å². The van der Waals surface area contributed by atoms with Crippen LogP contribution in [0.5, 0.6) is 0 Å². The summed E-state index contributed by atoms with van der Waals surface area (Å²) in [6.07, 6.45) is 7.39. The van der Waals surface area contributed by atoms with Crippen LogP contribution in [0.3, 0.4) is 0 Å². The Labute approximate surface area is 189 Å². The predicted octanol–water partition coefficient (Wildman–Crippen LogP) is 3.21. The van der Waals surface area contributed by atoms with E-state index in [4.69, 9.17) is 4.74 Å². The van der Waals surface area contributed by atoms with Gasteiger partial charge in [-0.2, -0.15) is 4.98 Å². The Hall–Kier alpha value is -1.49. The van der Waals surface area contributed by atoms with Crippen molar-refractivity contribution in [2.75, 3.05) is 43.9 Å². The molecule has 0 radical (unpaired) electrons. The Kier molecular flexibility index (Phi) is 6.59. The summed E-state index contributed by atoms with van der Waals surface area (Å²) in [5.41, 5.74) is 6.62. The summed E-state index contributed by atoms with van der Waals surface area (Å²) in [4.78, 5) is 6.74. The van der Waals surface area contributed by atoms with Crippen LogP contribution in [0.15, 0.2) is 11.2 Å². The van der Waals surface area contributed by atoms with Crippen LogP contribution < -0.4 is 5.32 Å². The summed E-state index contributed by atoms with van der Waals surface area (Å²) in [6.45, 7) is 4.17. The highest BCUT2D eigenvalue weighted by Crippen LogP contribution is 2.39. The number of morpholine rings is 1. The van der Waals surface area contributed by atoms with Crippen LogP contribution in [0.4, 0.5) is 15.5 Å². The maximum Gasteiger partial charge on any atom is 0.248 e. The number of fused-ring (bicyclic) bond motifs is 2. The lowest BCUT2D eigenvalue weighted by Gasteiger charge is -2.26. The molecule has 0 amide bonds. The molecule has 2 heterocycles. The monoisotopic (exact) mass is 465 g/mol. The lowest BCUT2D eigenvalue weighted by atomic mass is 9.99. The topological polar surface area (TPSA) is 72.3 Å². The second kappa shape index (κ2) is 9.56. The first-order valence-electron chi connectivity index (χ1n) is 11.1. The molecule has 1 fully saturated rings. The minimum atomic E-state index is -1.40. The number of halogens is 1. The molecule has 3 aliphatic rings. The largest absolute Gasteiger partial charge is 0.379 e. The maximum absolute atomic E-state index is 13.5. The summed E-state index contributed by atoms with van der Waals surface area (Å²) < 4.78 is 32.8. The normalized spacial score (nSPS) is 19.4. The maximum atomic E-state index is 13.5. The van der Waals surface area contributed by atoms with Crippen molar-refractivity contribution < 1.29 is 12.8 Å². The molecule has 0 saturated carbocycles. The van der Waals surface area contributed by atoms with Gasteiger partial charge in [-0.25, -0.2) is 0 Å². The molecule has 1 saturated heterocycles. The van der Waals surface area contributed by atoms with Crippen molar-refractivity contribution in [2.45, 2.75) is 50.1 Å². The summed E-state index contributed by atoms with van der Waals surface area (Å²) >= 11 is -0.0494. The zero-order valence-corrected chi connectivity index (χ0v) is 19.2. The number of ether oxygens (including phenoxy) is 1. The third kappa shape index (κ3) is 4.53. The summed E-state index contributed by atoms with van der Waals surface area (Å²) in [5.74, 6) is 0.766. The Morgan fingerprint density at radius 1 is 1.13 bits per heavy atom. The number of rotatable bonds is 8. The molecular weight excluding hydrogens is 437 g/mol. The van der Waals surface area contributed by atoms with E-state index in [0.29, 0.717) is 11.7 Å². The van der Waals surface area contributed by atoms with Gasteiger partial charge in [0.2, 0.25) is 11.1 Å². The van der Waals surface area contributed by atoms with E-state index in [1.807, 2.05) is 0 Å². The molecule has 168 valence electrons. The second-order valence-electron chi connectivity index (χ2n) is 8.38. The van der Waals surface area contributed by atoms with Crippen LogP contribution in [0, 0.1) is 0 Å². The zero-order chi connectivity index (χ0) is 21.2. The smallest absolute Gasteiger partial charge is 0.248 e. The molecule has 7 nitrogen and oxygen atoms in total. The molecule has 0 spiro atoms. The molecule has 1 aromatic heterocycles. The Morgan fingerprint density at radius 2 is 1.84 bits per heavy atom. The number of hydrogen-bond acceptors (Lipinski definition) is 7. The average Bonchev–Trinajstić information content (AvgIpc) is 3.53. The second-order valence-corrected chi connectivity index (χ2v) is 10.3. The zero-order valence-electron chi connectivity index (χ0n) is 17.6. The molecule has 1 aromatic carbocycles. The molecule has 2 aliphatic carbocycles. The van der Waals surface area contributed by atoms with Gasteiger partial charge in [0, 0.05) is 24.5 Å². The third-order valence-electron chi connectivity index (χ3n) is 6.44. The molecule has 1 aliphatic heterocycles. The van der Waals surface area contributed by atoms with Gasteiger partial charge in [0.05, 0.1) is 24.0 Å². The Morgan fingerprint density at radius 3 is 2.52 bits per heavy atom. The van der Waals surface area contributed by atoms with Crippen molar-refractivity contribution in [3.8, 4) is 0 Å². The first kappa shape index (κ1) is 21.4. The molecule has 5 rings (SSSR count). The highest BCUT2D eigenvalue weighted by atomic mass is 32.2. The number of hydrogen-bond donors (Lipinski definition) is 1. The fourth-order valence-corrected chi connectivity index (χ4v) is 6.45. The highest BCUT2D eigenvalue weighted by molar-refractivity contribution is 7.93. The van der Waals surface area contributed by atoms with Crippen LogP contribution in [0.1, 0.15) is 41.5 Å². The van der Waals surface area contributed by atoms with Gasteiger partial charge in [-0.05, 0) is 73.7 Å². The molecule has 2 aromatic rings. The molecule has 1 atom stereocenters. The minimum Gasteiger partial charge on any atom is -0.379 e.